The minimum absolute atomic E-state index is 0.308. The van der Waals surface area contributed by atoms with Gasteiger partial charge in [0.2, 0.25) is 0 Å². The van der Waals surface area contributed by atoms with Gasteiger partial charge in [0.1, 0.15) is 14.7 Å². The maximum absolute atomic E-state index is 13.4. The molecule has 37 heavy (non-hydrogen) atoms. The van der Waals surface area contributed by atoms with Crippen LogP contribution in [0.25, 0.3) is 10.2 Å². The average molecular weight is 532 g/mol. The molecular formula is C29H29N3O3S2. The molecule has 6 rings (SSSR count). The van der Waals surface area contributed by atoms with Crippen LogP contribution in [0.4, 0.5) is 10.7 Å². The van der Waals surface area contributed by atoms with Gasteiger partial charge in [-0.15, -0.1) is 22.7 Å². The molecule has 8 heteroatoms. The Balaban J connectivity index is 1.31. The SMILES string of the molecule is COC(=O)c1c(NC(=O)c2sc3nc4c(cc3c2N)CC(c2ccccc2)CC4)sc2c1CCC(C)C2. The van der Waals surface area contributed by atoms with Crippen LogP contribution in [0.1, 0.15) is 73.0 Å². The number of esters is 1. The molecule has 2 aliphatic rings. The number of aromatic nitrogens is 1. The van der Waals surface area contributed by atoms with E-state index >= 15 is 0 Å². The minimum atomic E-state index is -0.408. The number of anilines is 2. The summed E-state index contributed by atoms with van der Waals surface area (Å²) in [7, 11) is 1.38. The van der Waals surface area contributed by atoms with Crippen molar-refractivity contribution in [1.82, 2.24) is 4.98 Å². The summed E-state index contributed by atoms with van der Waals surface area (Å²) in [5.41, 5.74) is 12.1. The second-order valence-electron chi connectivity index (χ2n) is 10.1. The smallest absolute Gasteiger partial charge is 0.341 e. The number of methoxy groups -OCH3 is 1. The first-order valence-electron chi connectivity index (χ1n) is 12.7. The molecule has 190 valence electrons. The molecule has 2 aliphatic carbocycles. The standard InChI is InChI=1S/C29H29N3O3S2/c1-15-8-10-19-22(12-15)36-28(23(19)29(34)35-2)32-26(33)25-24(30)20-14-18-13-17(16-6-4-3-5-7-16)9-11-21(18)31-27(20)37-25/h3-7,14-15,17H,8-13,30H2,1-2H3,(H,32,33). The first kappa shape index (κ1) is 24.1. The number of hydrogen-bond donors (Lipinski definition) is 2. The van der Waals surface area contributed by atoms with Gasteiger partial charge < -0.3 is 15.8 Å². The molecule has 0 radical (unpaired) electrons. The quantitative estimate of drug-likeness (QED) is 0.298. The highest BCUT2D eigenvalue weighted by molar-refractivity contribution is 7.21. The molecule has 0 fully saturated rings. The van der Waals surface area contributed by atoms with Crippen LogP contribution in [0.2, 0.25) is 0 Å². The van der Waals surface area contributed by atoms with Gasteiger partial charge in [-0.2, -0.15) is 0 Å². The summed E-state index contributed by atoms with van der Waals surface area (Å²) >= 11 is 2.80. The van der Waals surface area contributed by atoms with Gasteiger partial charge >= 0.3 is 5.97 Å². The van der Waals surface area contributed by atoms with E-state index in [9.17, 15) is 9.59 Å². The largest absolute Gasteiger partial charge is 0.465 e. The number of thiophene rings is 2. The highest BCUT2D eigenvalue weighted by Gasteiger charge is 2.30. The number of amides is 1. The van der Waals surface area contributed by atoms with Gasteiger partial charge in [-0.25, -0.2) is 9.78 Å². The number of aryl methyl sites for hydroxylation is 1. The average Bonchev–Trinajstić information content (AvgIpc) is 3.43. The Morgan fingerprint density at radius 2 is 1.92 bits per heavy atom. The molecule has 0 bridgehead atoms. The van der Waals surface area contributed by atoms with Crippen LogP contribution < -0.4 is 11.1 Å². The van der Waals surface area contributed by atoms with Crippen molar-refractivity contribution < 1.29 is 14.3 Å². The van der Waals surface area contributed by atoms with Crippen molar-refractivity contribution in [2.75, 3.05) is 18.2 Å². The Morgan fingerprint density at radius 3 is 2.70 bits per heavy atom. The third-order valence-electron chi connectivity index (χ3n) is 7.69. The van der Waals surface area contributed by atoms with Gasteiger partial charge in [-0.3, -0.25) is 4.79 Å². The van der Waals surface area contributed by atoms with E-state index in [0.29, 0.717) is 33.0 Å². The first-order valence-corrected chi connectivity index (χ1v) is 14.4. The van der Waals surface area contributed by atoms with E-state index in [-0.39, 0.29) is 5.91 Å². The van der Waals surface area contributed by atoms with Crippen LogP contribution in [0.3, 0.4) is 0 Å². The topological polar surface area (TPSA) is 94.3 Å². The first-order chi connectivity index (χ1) is 17.9. The van der Waals surface area contributed by atoms with E-state index in [1.807, 2.05) is 6.07 Å². The fourth-order valence-corrected chi connectivity index (χ4v) is 8.07. The number of nitrogen functional groups attached to an aromatic ring is 1. The van der Waals surface area contributed by atoms with Crippen LogP contribution in [0, 0.1) is 5.92 Å². The van der Waals surface area contributed by atoms with Crippen LogP contribution in [0.15, 0.2) is 36.4 Å². The van der Waals surface area contributed by atoms with Crippen molar-refractivity contribution in [1.29, 1.82) is 0 Å². The molecule has 2 atom stereocenters. The summed E-state index contributed by atoms with van der Waals surface area (Å²) < 4.78 is 5.07. The van der Waals surface area contributed by atoms with Crippen LogP contribution in [-0.2, 0) is 30.4 Å². The summed E-state index contributed by atoms with van der Waals surface area (Å²) in [6, 6.07) is 12.7. The van der Waals surface area contributed by atoms with Crippen LogP contribution in [-0.4, -0.2) is 24.0 Å². The van der Waals surface area contributed by atoms with E-state index in [4.69, 9.17) is 15.5 Å². The summed E-state index contributed by atoms with van der Waals surface area (Å²) in [5, 5.41) is 4.37. The number of carbonyl (C=O) groups excluding carboxylic acids is 2. The van der Waals surface area contributed by atoms with Crippen molar-refractivity contribution in [2.24, 2.45) is 5.92 Å². The van der Waals surface area contributed by atoms with E-state index < -0.39 is 5.97 Å². The lowest BCUT2D eigenvalue weighted by molar-refractivity contribution is 0.0601. The molecule has 3 N–H and O–H groups in total. The lowest BCUT2D eigenvalue weighted by atomic mass is 9.82. The minimum Gasteiger partial charge on any atom is -0.465 e. The van der Waals surface area contributed by atoms with E-state index in [1.165, 1.54) is 40.9 Å². The predicted octanol–water partition coefficient (Wildman–Crippen LogP) is 6.38. The molecule has 1 aromatic carbocycles. The monoisotopic (exact) mass is 531 g/mol. The van der Waals surface area contributed by atoms with E-state index in [2.05, 4.69) is 42.6 Å². The maximum atomic E-state index is 13.4. The number of nitrogens with zero attached hydrogens (tertiary/aromatic N) is 1. The predicted molar refractivity (Wildman–Crippen MR) is 150 cm³/mol. The highest BCUT2D eigenvalue weighted by Crippen LogP contribution is 2.42. The van der Waals surface area contributed by atoms with Crippen LogP contribution >= 0.6 is 22.7 Å². The van der Waals surface area contributed by atoms with Gasteiger partial charge in [-0.05, 0) is 73.1 Å². The molecule has 0 spiro atoms. The lowest BCUT2D eigenvalue weighted by Crippen LogP contribution is -2.16. The third-order valence-corrected chi connectivity index (χ3v) is 9.97. The van der Waals surface area contributed by atoms with E-state index in [1.54, 1.807) is 0 Å². The second-order valence-corrected chi connectivity index (χ2v) is 12.2. The van der Waals surface area contributed by atoms with Crippen molar-refractivity contribution in [3.05, 3.63) is 74.1 Å². The number of hydrogen-bond acceptors (Lipinski definition) is 7. The van der Waals surface area contributed by atoms with Gasteiger partial charge in [0.05, 0.1) is 18.4 Å². The van der Waals surface area contributed by atoms with Crippen molar-refractivity contribution in [3.63, 3.8) is 0 Å². The zero-order valence-electron chi connectivity index (χ0n) is 20.9. The van der Waals surface area contributed by atoms with Crippen molar-refractivity contribution >= 4 is 55.5 Å². The fourth-order valence-electron chi connectivity index (χ4n) is 5.69. The van der Waals surface area contributed by atoms with Gasteiger partial charge in [0, 0.05) is 16.0 Å². The van der Waals surface area contributed by atoms with Gasteiger partial charge in [-0.1, -0.05) is 37.3 Å². The summed E-state index contributed by atoms with van der Waals surface area (Å²) in [5.74, 6) is 0.295. The van der Waals surface area contributed by atoms with Gasteiger partial charge in [0.25, 0.3) is 5.91 Å². The number of pyridine rings is 1. The molecule has 0 aliphatic heterocycles. The lowest BCUT2D eigenvalue weighted by Gasteiger charge is -2.24. The number of nitrogens with two attached hydrogens (primary N) is 1. The van der Waals surface area contributed by atoms with Crippen LogP contribution in [0.5, 0.6) is 0 Å². The Hall–Kier alpha value is -3.23. The maximum Gasteiger partial charge on any atom is 0.341 e. The molecule has 3 heterocycles. The number of fused-ring (bicyclic) bond motifs is 3. The third kappa shape index (κ3) is 4.32. The zero-order valence-corrected chi connectivity index (χ0v) is 22.6. The summed E-state index contributed by atoms with van der Waals surface area (Å²) in [6.07, 6.45) is 5.63. The zero-order chi connectivity index (χ0) is 25.7. The summed E-state index contributed by atoms with van der Waals surface area (Å²) in [4.78, 5) is 33.4. The van der Waals surface area contributed by atoms with E-state index in [0.717, 1.165) is 64.9 Å². The van der Waals surface area contributed by atoms with Gasteiger partial charge in [0.15, 0.2) is 0 Å². The molecular weight excluding hydrogens is 502 g/mol. The molecule has 3 aromatic heterocycles. The number of nitrogens with one attached hydrogen (secondary N) is 1. The molecule has 6 nitrogen and oxygen atoms in total. The Kier molecular flexibility index (Phi) is 6.24. The number of ether oxygens (including phenoxy) is 1. The molecule has 0 saturated carbocycles. The van der Waals surface area contributed by atoms with Crippen molar-refractivity contribution in [2.45, 2.75) is 51.4 Å². The van der Waals surface area contributed by atoms with Crippen molar-refractivity contribution in [3.8, 4) is 0 Å². The molecule has 0 saturated heterocycles. The number of benzene rings is 1. The Labute approximate surface area is 223 Å². The second kappa shape index (κ2) is 9.58. The summed E-state index contributed by atoms with van der Waals surface area (Å²) in [6.45, 7) is 2.21. The molecule has 1 amide bonds. The fraction of sp³-hybridized carbons (Fsp3) is 0.345. The Morgan fingerprint density at radius 1 is 1.11 bits per heavy atom. The number of rotatable bonds is 4. The highest BCUT2D eigenvalue weighted by atomic mass is 32.1. The normalized spacial score (nSPS) is 18.8. The number of carbonyl (C=O) groups is 2. The molecule has 4 aromatic rings. The molecule has 2 unspecified atom stereocenters. The Bertz CT molecular complexity index is 1520.